The number of rotatable bonds is 8. The summed E-state index contributed by atoms with van der Waals surface area (Å²) >= 11 is 0. The van der Waals surface area contributed by atoms with Gasteiger partial charge in [-0.1, -0.05) is 55.4 Å². The minimum absolute atomic E-state index is 0.515. The van der Waals surface area contributed by atoms with E-state index in [1.807, 2.05) is 0 Å². The van der Waals surface area contributed by atoms with Gasteiger partial charge in [-0.15, -0.1) is 0 Å². The first-order valence-electron chi connectivity index (χ1n) is 8.33. The molecule has 0 bridgehead atoms. The average molecular weight is 317 g/mol. The second kappa shape index (κ2) is 8.06. The molecule has 5 heteroatoms. The van der Waals surface area contributed by atoms with Gasteiger partial charge in [0.15, 0.2) is 0 Å². The highest BCUT2D eigenvalue weighted by Gasteiger charge is 2.55. The van der Waals surface area contributed by atoms with E-state index in [0.717, 1.165) is 0 Å². The Bertz CT molecular complexity index is 255. The van der Waals surface area contributed by atoms with Crippen LogP contribution in [0.15, 0.2) is 0 Å². The Morgan fingerprint density at radius 2 is 0.667 bits per heavy atom. The monoisotopic (exact) mass is 316 g/mol. The smallest absolute Gasteiger partial charge is 0.292 e. The van der Waals surface area contributed by atoms with Gasteiger partial charge in [0.05, 0.1) is 0 Å². The average Bonchev–Trinajstić information content (AvgIpc) is 2.24. The van der Waals surface area contributed by atoms with Crippen molar-refractivity contribution in [3.63, 3.8) is 0 Å². The summed E-state index contributed by atoms with van der Waals surface area (Å²) in [6.45, 7) is 18.6. The van der Waals surface area contributed by atoms with Gasteiger partial charge in [0, 0.05) is 24.2 Å². The lowest BCUT2D eigenvalue weighted by Crippen LogP contribution is -2.84. The molecule has 0 heterocycles. The first kappa shape index (κ1) is 21.1. The summed E-state index contributed by atoms with van der Waals surface area (Å²) in [5, 5.41) is 0. The SMILES string of the molecule is CC(C)N(C(C)C)[Si](N(C)C)(N(C)C)N(C(C)C)C(C)C. The van der Waals surface area contributed by atoms with Crippen molar-refractivity contribution in [2.75, 3.05) is 28.2 Å². The third-order valence-corrected chi connectivity index (χ3v) is 9.97. The van der Waals surface area contributed by atoms with Crippen LogP contribution in [0.4, 0.5) is 0 Å². The van der Waals surface area contributed by atoms with Crippen LogP contribution >= 0.6 is 0 Å². The Morgan fingerprint density at radius 1 is 0.476 bits per heavy atom. The molecule has 0 aliphatic carbocycles. The second-order valence-electron chi connectivity index (χ2n) is 7.58. The quantitative estimate of drug-likeness (QED) is 0.638. The lowest BCUT2D eigenvalue weighted by molar-refractivity contribution is 0.132. The molecule has 0 saturated heterocycles. The summed E-state index contributed by atoms with van der Waals surface area (Å²) in [4.78, 5) is 0. The van der Waals surface area contributed by atoms with Crippen molar-refractivity contribution in [1.82, 2.24) is 18.3 Å². The van der Waals surface area contributed by atoms with Crippen molar-refractivity contribution in [3.8, 4) is 0 Å². The molecule has 0 saturated carbocycles. The fourth-order valence-electron chi connectivity index (χ4n) is 4.04. The maximum absolute atomic E-state index is 2.74. The normalized spacial score (nSPS) is 14.3. The van der Waals surface area contributed by atoms with Gasteiger partial charge in [0.2, 0.25) is 0 Å². The molecule has 0 aliphatic rings. The van der Waals surface area contributed by atoms with Crippen LogP contribution in [-0.2, 0) is 0 Å². The van der Waals surface area contributed by atoms with Crippen LogP contribution in [0.1, 0.15) is 55.4 Å². The van der Waals surface area contributed by atoms with E-state index in [4.69, 9.17) is 0 Å². The maximum atomic E-state index is 2.74. The van der Waals surface area contributed by atoms with E-state index < -0.39 is 8.72 Å². The van der Waals surface area contributed by atoms with Crippen LogP contribution in [0.2, 0.25) is 0 Å². The van der Waals surface area contributed by atoms with E-state index in [1.165, 1.54) is 0 Å². The standard InChI is InChI=1S/C16H40N4Si/c1-13(2)19(14(3)4)21(17(9)10,18(11)12)20(15(5)6)16(7)8/h13-16H,1-12H3. The Hall–Kier alpha value is 0.0569. The predicted molar refractivity (Wildman–Crippen MR) is 97.4 cm³/mol. The highest BCUT2D eigenvalue weighted by Crippen LogP contribution is 2.29. The summed E-state index contributed by atoms with van der Waals surface area (Å²) in [5.41, 5.74) is 0. The lowest BCUT2D eigenvalue weighted by Gasteiger charge is -2.59. The molecule has 0 aromatic rings. The third-order valence-electron chi connectivity index (χ3n) is 4.12. The molecule has 0 spiro atoms. The van der Waals surface area contributed by atoms with Crippen molar-refractivity contribution in [2.45, 2.75) is 79.6 Å². The minimum atomic E-state index is -2.13. The molecule has 0 radical (unpaired) electrons. The Balaban J connectivity index is 6.32. The van der Waals surface area contributed by atoms with Crippen LogP contribution in [0, 0.1) is 0 Å². The molecular weight excluding hydrogens is 276 g/mol. The maximum Gasteiger partial charge on any atom is 0.376 e. The van der Waals surface area contributed by atoms with Crippen molar-refractivity contribution in [2.24, 2.45) is 0 Å². The van der Waals surface area contributed by atoms with Gasteiger partial charge in [-0.25, -0.2) is 0 Å². The van der Waals surface area contributed by atoms with Crippen LogP contribution in [0.25, 0.3) is 0 Å². The molecule has 0 fully saturated rings. The third kappa shape index (κ3) is 4.08. The van der Waals surface area contributed by atoms with E-state index in [9.17, 15) is 0 Å². The molecule has 0 aromatic carbocycles. The van der Waals surface area contributed by atoms with E-state index in [2.05, 4.69) is 102 Å². The molecule has 0 atom stereocenters. The Labute approximate surface area is 135 Å². The van der Waals surface area contributed by atoms with Gasteiger partial charge < -0.3 is 0 Å². The van der Waals surface area contributed by atoms with E-state index in [0.29, 0.717) is 24.2 Å². The summed E-state index contributed by atoms with van der Waals surface area (Å²) < 4.78 is 10.5. The van der Waals surface area contributed by atoms with Gasteiger partial charge in [-0.05, 0) is 28.2 Å². The zero-order valence-electron chi connectivity index (χ0n) is 16.6. The summed E-state index contributed by atoms with van der Waals surface area (Å²) in [5.74, 6) is 0. The first-order chi connectivity index (χ1) is 9.42. The number of nitrogens with zero attached hydrogens (tertiary/aromatic N) is 4. The van der Waals surface area contributed by atoms with Crippen molar-refractivity contribution < 1.29 is 0 Å². The van der Waals surface area contributed by atoms with E-state index in [-0.39, 0.29) is 0 Å². The summed E-state index contributed by atoms with van der Waals surface area (Å²) in [6, 6.07) is 2.06. The topological polar surface area (TPSA) is 13.0 Å². The van der Waals surface area contributed by atoms with E-state index in [1.54, 1.807) is 0 Å². The predicted octanol–water partition coefficient (Wildman–Crippen LogP) is 2.78. The molecular formula is C16H40N4Si. The molecule has 0 unspecified atom stereocenters. The first-order valence-corrected chi connectivity index (χ1v) is 10.1. The van der Waals surface area contributed by atoms with Crippen LogP contribution < -0.4 is 0 Å². The number of hydrogen-bond donors (Lipinski definition) is 0. The molecule has 0 rings (SSSR count). The zero-order valence-corrected chi connectivity index (χ0v) is 17.6. The molecule has 0 aliphatic heterocycles. The molecule has 0 N–H and O–H groups in total. The van der Waals surface area contributed by atoms with Gasteiger partial charge in [-0.3, -0.25) is 18.3 Å². The van der Waals surface area contributed by atoms with Gasteiger partial charge in [0.25, 0.3) is 0 Å². The molecule has 128 valence electrons. The van der Waals surface area contributed by atoms with Gasteiger partial charge in [-0.2, -0.15) is 0 Å². The van der Waals surface area contributed by atoms with Crippen molar-refractivity contribution in [1.29, 1.82) is 0 Å². The zero-order chi connectivity index (χ0) is 17.1. The highest BCUT2D eigenvalue weighted by molar-refractivity contribution is 6.69. The lowest BCUT2D eigenvalue weighted by atomic mass is 10.3. The molecule has 4 nitrogen and oxygen atoms in total. The Morgan fingerprint density at radius 3 is 0.762 bits per heavy atom. The fraction of sp³-hybridized carbons (Fsp3) is 1.00. The summed E-state index contributed by atoms with van der Waals surface area (Å²) in [6.07, 6.45) is 0. The largest absolute Gasteiger partial charge is 0.376 e. The van der Waals surface area contributed by atoms with Crippen LogP contribution in [-0.4, -0.2) is 79.3 Å². The van der Waals surface area contributed by atoms with E-state index >= 15 is 0 Å². The highest BCUT2D eigenvalue weighted by atomic mass is 28.4. The Kier molecular flexibility index (Phi) is 8.08. The van der Waals surface area contributed by atoms with Gasteiger partial charge >= 0.3 is 8.72 Å². The molecule has 0 amide bonds. The number of hydrogen-bond acceptors (Lipinski definition) is 4. The van der Waals surface area contributed by atoms with Crippen LogP contribution in [0.5, 0.6) is 0 Å². The molecule has 0 aromatic heterocycles. The molecule has 21 heavy (non-hydrogen) atoms. The summed E-state index contributed by atoms with van der Waals surface area (Å²) in [7, 11) is 6.88. The van der Waals surface area contributed by atoms with Crippen molar-refractivity contribution in [3.05, 3.63) is 0 Å². The van der Waals surface area contributed by atoms with Crippen molar-refractivity contribution >= 4 is 8.72 Å². The minimum Gasteiger partial charge on any atom is -0.292 e. The van der Waals surface area contributed by atoms with Gasteiger partial charge in [0.1, 0.15) is 0 Å². The second-order valence-corrected chi connectivity index (χ2v) is 11.6. The van der Waals surface area contributed by atoms with Crippen LogP contribution in [0.3, 0.4) is 0 Å². The fourth-order valence-corrected chi connectivity index (χ4v) is 9.72.